The molecule has 3 aromatic carbocycles. The minimum absolute atomic E-state index is 0.0159. The predicted octanol–water partition coefficient (Wildman–Crippen LogP) is 4.78. The standard InChI is InChI=1S/C28H33N3O5S/c1-5-13-29-28(34)30-24-8-6-7-23(17-24)22-11-9-21(10-12-22)16-25(27(32)33)31-37(35,36)26-19(3)14-18(2)15-20(26)4/h6-12,14-15,17,25,31H,5,13,16H2,1-4H3,(H,32,33)(H2,29,30,34)/t25-/m1/s1. The van der Waals surface area contributed by atoms with Gasteiger partial charge in [-0.3, -0.25) is 4.79 Å². The van der Waals surface area contributed by atoms with E-state index in [1.165, 1.54) is 0 Å². The summed E-state index contributed by atoms with van der Waals surface area (Å²) in [4.78, 5) is 24.0. The number of sulfonamides is 1. The zero-order valence-electron chi connectivity index (χ0n) is 21.5. The molecule has 2 amide bonds. The summed E-state index contributed by atoms with van der Waals surface area (Å²) in [6.07, 6.45) is 0.827. The highest BCUT2D eigenvalue weighted by Crippen LogP contribution is 2.25. The fraction of sp³-hybridized carbons (Fsp3) is 0.286. The molecule has 0 aliphatic carbocycles. The largest absolute Gasteiger partial charge is 0.480 e. The lowest BCUT2D eigenvalue weighted by molar-refractivity contribution is -0.138. The molecule has 0 aliphatic rings. The molecule has 0 spiro atoms. The van der Waals surface area contributed by atoms with E-state index in [2.05, 4.69) is 15.4 Å². The first-order valence-electron chi connectivity index (χ1n) is 12.1. The number of urea groups is 1. The van der Waals surface area contributed by atoms with Crippen LogP contribution in [0.2, 0.25) is 0 Å². The third-order valence-corrected chi connectivity index (χ3v) is 7.63. The third kappa shape index (κ3) is 7.41. The summed E-state index contributed by atoms with van der Waals surface area (Å²) in [5, 5.41) is 15.3. The molecule has 0 saturated carbocycles. The van der Waals surface area contributed by atoms with Gasteiger partial charge in [0.1, 0.15) is 6.04 Å². The van der Waals surface area contributed by atoms with Crippen molar-refractivity contribution in [3.05, 3.63) is 82.9 Å². The van der Waals surface area contributed by atoms with Gasteiger partial charge in [0.25, 0.3) is 0 Å². The maximum Gasteiger partial charge on any atom is 0.322 e. The lowest BCUT2D eigenvalue weighted by Gasteiger charge is -2.18. The van der Waals surface area contributed by atoms with Gasteiger partial charge in [0.15, 0.2) is 0 Å². The van der Waals surface area contributed by atoms with Crippen molar-refractivity contribution in [3.8, 4) is 11.1 Å². The van der Waals surface area contributed by atoms with E-state index in [1.807, 2.05) is 44.2 Å². The number of benzene rings is 3. The Balaban J connectivity index is 1.75. The summed E-state index contributed by atoms with van der Waals surface area (Å²) in [5.74, 6) is -1.25. The monoisotopic (exact) mass is 523 g/mol. The molecule has 0 saturated heterocycles. The van der Waals surface area contributed by atoms with Crippen molar-refractivity contribution in [2.75, 3.05) is 11.9 Å². The zero-order valence-corrected chi connectivity index (χ0v) is 22.3. The Bertz CT molecular complexity index is 1360. The molecule has 37 heavy (non-hydrogen) atoms. The van der Waals surface area contributed by atoms with Gasteiger partial charge in [-0.05, 0) is 73.6 Å². The topological polar surface area (TPSA) is 125 Å². The second-order valence-corrected chi connectivity index (χ2v) is 10.8. The summed E-state index contributed by atoms with van der Waals surface area (Å²) in [7, 11) is -4.05. The van der Waals surface area contributed by atoms with Gasteiger partial charge in [-0.1, -0.05) is 61.0 Å². The van der Waals surface area contributed by atoms with Gasteiger partial charge in [-0.25, -0.2) is 13.2 Å². The number of carbonyl (C=O) groups is 2. The number of carboxylic acids is 1. The summed E-state index contributed by atoms with van der Waals surface area (Å²) in [5.41, 5.74) is 5.14. The van der Waals surface area contributed by atoms with Gasteiger partial charge in [0.05, 0.1) is 4.90 Å². The van der Waals surface area contributed by atoms with Crippen molar-refractivity contribution in [2.45, 2.75) is 51.5 Å². The van der Waals surface area contributed by atoms with Crippen molar-refractivity contribution in [1.29, 1.82) is 0 Å². The highest BCUT2D eigenvalue weighted by atomic mass is 32.2. The molecule has 0 unspecified atom stereocenters. The smallest absolute Gasteiger partial charge is 0.322 e. The van der Waals surface area contributed by atoms with Crippen LogP contribution in [0.4, 0.5) is 10.5 Å². The van der Waals surface area contributed by atoms with Gasteiger partial charge >= 0.3 is 12.0 Å². The predicted molar refractivity (Wildman–Crippen MR) is 145 cm³/mol. The van der Waals surface area contributed by atoms with Gasteiger partial charge in [-0.2, -0.15) is 4.72 Å². The summed E-state index contributed by atoms with van der Waals surface area (Å²) in [6.45, 7) is 7.84. The lowest BCUT2D eigenvalue weighted by atomic mass is 10.0. The van der Waals surface area contributed by atoms with Crippen LogP contribution < -0.4 is 15.4 Å². The van der Waals surface area contributed by atoms with E-state index in [-0.39, 0.29) is 17.3 Å². The van der Waals surface area contributed by atoms with E-state index in [4.69, 9.17) is 0 Å². The summed E-state index contributed by atoms with van der Waals surface area (Å²) >= 11 is 0. The van der Waals surface area contributed by atoms with Crippen molar-refractivity contribution in [3.63, 3.8) is 0 Å². The maximum absolute atomic E-state index is 13.1. The Morgan fingerprint density at radius 3 is 2.16 bits per heavy atom. The van der Waals surface area contributed by atoms with Crippen LogP contribution in [0.1, 0.15) is 35.6 Å². The molecule has 3 aromatic rings. The third-order valence-electron chi connectivity index (χ3n) is 5.85. The van der Waals surface area contributed by atoms with Crippen molar-refractivity contribution < 1.29 is 23.1 Å². The number of carbonyl (C=O) groups excluding carboxylic acids is 1. The fourth-order valence-corrected chi connectivity index (χ4v) is 5.92. The van der Waals surface area contributed by atoms with Crippen LogP contribution in [0.25, 0.3) is 11.1 Å². The molecule has 0 aromatic heterocycles. The van der Waals surface area contributed by atoms with Crippen LogP contribution in [-0.2, 0) is 21.2 Å². The molecule has 0 radical (unpaired) electrons. The average molecular weight is 524 g/mol. The minimum Gasteiger partial charge on any atom is -0.480 e. The van der Waals surface area contributed by atoms with Crippen molar-refractivity contribution >= 4 is 27.7 Å². The van der Waals surface area contributed by atoms with Crippen molar-refractivity contribution in [1.82, 2.24) is 10.0 Å². The molecule has 0 aliphatic heterocycles. The maximum atomic E-state index is 13.1. The quantitative estimate of drug-likeness (QED) is 0.304. The fourth-order valence-electron chi connectivity index (χ4n) is 4.28. The molecule has 4 N–H and O–H groups in total. The van der Waals surface area contributed by atoms with E-state index in [0.717, 1.165) is 23.1 Å². The first-order valence-corrected chi connectivity index (χ1v) is 13.6. The Morgan fingerprint density at radius 2 is 1.57 bits per heavy atom. The van der Waals surface area contributed by atoms with E-state index in [0.29, 0.717) is 28.9 Å². The number of hydrogen-bond donors (Lipinski definition) is 4. The first-order chi connectivity index (χ1) is 17.5. The Hall–Kier alpha value is -3.69. The normalized spacial score (nSPS) is 12.1. The average Bonchev–Trinajstić information content (AvgIpc) is 2.82. The molecule has 3 rings (SSSR count). The molecule has 0 bridgehead atoms. The highest BCUT2D eigenvalue weighted by Gasteiger charge is 2.28. The molecule has 8 nitrogen and oxygen atoms in total. The van der Waals surface area contributed by atoms with Gasteiger partial charge in [0.2, 0.25) is 10.0 Å². The van der Waals surface area contributed by atoms with Gasteiger partial charge in [-0.15, -0.1) is 0 Å². The van der Waals surface area contributed by atoms with E-state index in [9.17, 15) is 23.1 Å². The van der Waals surface area contributed by atoms with Crippen LogP contribution in [-0.4, -0.2) is 38.1 Å². The summed E-state index contributed by atoms with van der Waals surface area (Å²) < 4.78 is 28.5. The SMILES string of the molecule is CCCNC(=O)Nc1cccc(-c2ccc(C[C@@H](NS(=O)(=O)c3c(C)cc(C)cc3C)C(=O)O)cc2)c1. The number of hydrogen-bond acceptors (Lipinski definition) is 4. The van der Waals surface area contributed by atoms with Gasteiger partial charge in [0, 0.05) is 12.2 Å². The molecule has 0 fully saturated rings. The zero-order chi connectivity index (χ0) is 27.2. The van der Waals surface area contributed by atoms with Crippen LogP contribution >= 0.6 is 0 Å². The molecule has 196 valence electrons. The van der Waals surface area contributed by atoms with E-state index < -0.39 is 22.0 Å². The number of carboxylic acid groups (broad SMARTS) is 1. The number of aliphatic carboxylic acids is 1. The second-order valence-electron chi connectivity index (χ2n) is 9.10. The van der Waals surface area contributed by atoms with Crippen LogP contribution in [0.5, 0.6) is 0 Å². The molecule has 9 heteroatoms. The Morgan fingerprint density at radius 1 is 0.919 bits per heavy atom. The number of aryl methyl sites for hydroxylation is 3. The van der Waals surface area contributed by atoms with E-state index in [1.54, 1.807) is 44.2 Å². The second kappa shape index (κ2) is 12.0. The molecular weight excluding hydrogens is 490 g/mol. The number of amides is 2. The lowest BCUT2D eigenvalue weighted by Crippen LogP contribution is -2.42. The Labute approximate surface area is 218 Å². The number of anilines is 1. The Kier molecular flexibility index (Phi) is 9.07. The molecule has 0 heterocycles. The van der Waals surface area contributed by atoms with Crippen molar-refractivity contribution in [2.24, 2.45) is 0 Å². The minimum atomic E-state index is -4.05. The molecule has 1 atom stereocenters. The van der Waals surface area contributed by atoms with Gasteiger partial charge < -0.3 is 15.7 Å². The first kappa shape index (κ1) is 27.9. The van der Waals surface area contributed by atoms with E-state index >= 15 is 0 Å². The summed E-state index contributed by atoms with van der Waals surface area (Å²) in [6, 6.07) is 16.5. The number of nitrogens with one attached hydrogen (secondary N) is 3. The number of rotatable bonds is 10. The van der Waals surface area contributed by atoms with Crippen LogP contribution in [0.15, 0.2) is 65.6 Å². The highest BCUT2D eigenvalue weighted by molar-refractivity contribution is 7.89. The van der Waals surface area contributed by atoms with Crippen LogP contribution in [0.3, 0.4) is 0 Å². The van der Waals surface area contributed by atoms with Crippen LogP contribution in [0, 0.1) is 20.8 Å². The molecular formula is C28H33N3O5S.